The Bertz CT molecular complexity index is 333. The van der Waals surface area contributed by atoms with Crippen molar-refractivity contribution in [1.82, 2.24) is 4.98 Å². The van der Waals surface area contributed by atoms with E-state index in [9.17, 15) is 13.2 Å². The van der Waals surface area contributed by atoms with Crippen LogP contribution in [0.4, 0.5) is 13.2 Å². The first-order chi connectivity index (χ1) is 6.54. The summed E-state index contributed by atoms with van der Waals surface area (Å²) in [6.07, 6.45) is -1.78. The van der Waals surface area contributed by atoms with Gasteiger partial charge in [-0.1, -0.05) is 12.1 Å². The van der Waals surface area contributed by atoms with Crippen molar-refractivity contribution in [3.05, 3.63) is 35.7 Å². The maximum absolute atomic E-state index is 12.2. The highest BCUT2D eigenvalue weighted by atomic mass is 19.4. The minimum atomic E-state index is -4.43. The van der Waals surface area contributed by atoms with E-state index in [0.717, 1.165) is 6.07 Å². The third kappa shape index (κ3) is 2.85. The lowest BCUT2D eigenvalue weighted by Crippen LogP contribution is -2.07. The highest BCUT2D eigenvalue weighted by Crippen LogP contribution is 2.27. The van der Waals surface area contributed by atoms with E-state index in [-0.39, 0.29) is 12.3 Å². The summed E-state index contributed by atoms with van der Waals surface area (Å²) in [6.45, 7) is -0.224. The summed E-state index contributed by atoms with van der Waals surface area (Å²) < 4.78 is 36.5. The quantitative estimate of drug-likeness (QED) is 0.798. The van der Waals surface area contributed by atoms with E-state index in [1.165, 1.54) is 24.3 Å². The number of pyridine rings is 1. The van der Waals surface area contributed by atoms with Crippen LogP contribution in [0.3, 0.4) is 0 Å². The third-order valence-corrected chi connectivity index (χ3v) is 1.46. The van der Waals surface area contributed by atoms with Gasteiger partial charge in [0.2, 0.25) is 0 Å². The molecule has 0 atom stereocenters. The zero-order valence-electron chi connectivity index (χ0n) is 7.12. The zero-order chi connectivity index (χ0) is 10.6. The molecular weight excluding hydrogens is 195 g/mol. The maximum atomic E-state index is 12.2. The standard InChI is InChI=1S/C9H8F3NO/c10-9(11,12)8-5-1-3-7(13-8)4-2-6-14/h1-5,14H,6H2. The van der Waals surface area contributed by atoms with Crippen LogP contribution in [0.5, 0.6) is 0 Å². The topological polar surface area (TPSA) is 33.1 Å². The first kappa shape index (κ1) is 10.7. The number of alkyl halides is 3. The van der Waals surface area contributed by atoms with Crippen LogP contribution in [0.15, 0.2) is 24.3 Å². The Kier molecular flexibility index (Phi) is 3.24. The molecule has 0 aliphatic carbocycles. The largest absolute Gasteiger partial charge is 0.433 e. The van der Waals surface area contributed by atoms with Crippen LogP contribution in [0.1, 0.15) is 11.4 Å². The van der Waals surface area contributed by atoms with Crippen LogP contribution >= 0.6 is 0 Å². The summed E-state index contributed by atoms with van der Waals surface area (Å²) in [6, 6.07) is 3.60. The molecule has 0 saturated heterocycles. The predicted octanol–water partition coefficient (Wildman–Crippen LogP) is 2.11. The number of halogens is 3. The molecule has 14 heavy (non-hydrogen) atoms. The van der Waals surface area contributed by atoms with Gasteiger partial charge in [-0.3, -0.25) is 0 Å². The number of aliphatic hydroxyl groups is 1. The Labute approximate surface area is 78.7 Å². The first-order valence-corrected chi connectivity index (χ1v) is 3.85. The average Bonchev–Trinajstić information content (AvgIpc) is 2.14. The van der Waals surface area contributed by atoms with E-state index in [4.69, 9.17) is 5.11 Å². The van der Waals surface area contributed by atoms with Crippen LogP contribution in [0.25, 0.3) is 6.08 Å². The zero-order valence-corrected chi connectivity index (χ0v) is 7.12. The number of hydrogen-bond donors (Lipinski definition) is 1. The van der Waals surface area contributed by atoms with Crippen molar-refractivity contribution in [1.29, 1.82) is 0 Å². The SMILES string of the molecule is OCC=Cc1cccc(C(F)(F)F)n1. The molecule has 0 amide bonds. The Morgan fingerprint density at radius 1 is 1.36 bits per heavy atom. The van der Waals surface area contributed by atoms with Crippen molar-refractivity contribution in [3.63, 3.8) is 0 Å². The highest BCUT2D eigenvalue weighted by Gasteiger charge is 2.32. The highest BCUT2D eigenvalue weighted by molar-refractivity contribution is 5.44. The van der Waals surface area contributed by atoms with Crippen molar-refractivity contribution in [2.24, 2.45) is 0 Å². The second kappa shape index (κ2) is 4.23. The van der Waals surface area contributed by atoms with Crippen LogP contribution in [0.2, 0.25) is 0 Å². The molecule has 1 aromatic heterocycles. The van der Waals surface area contributed by atoms with E-state index in [2.05, 4.69) is 4.98 Å². The minimum Gasteiger partial charge on any atom is -0.392 e. The summed E-state index contributed by atoms with van der Waals surface area (Å²) in [7, 11) is 0. The molecule has 1 aromatic rings. The van der Waals surface area contributed by atoms with Gasteiger partial charge >= 0.3 is 6.18 Å². The second-order valence-corrected chi connectivity index (χ2v) is 2.53. The molecule has 0 unspecified atom stereocenters. The van der Waals surface area contributed by atoms with Crippen molar-refractivity contribution in [3.8, 4) is 0 Å². The van der Waals surface area contributed by atoms with E-state index >= 15 is 0 Å². The molecule has 1 rings (SSSR count). The Morgan fingerprint density at radius 2 is 2.07 bits per heavy atom. The smallest absolute Gasteiger partial charge is 0.392 e. The summed E-state index contributed by atoms with van der Waals surface area (Å²) in [4.78, 5) is 3.36. The van der Waals surface area contributed by atoms with Gasteiger partial charge in [0.1, 0.15) is 5.69 Å². The van der Waals surface area contributed by atoms with Gasteiger partial charge in [-0.15, -0.1) is 0 Å². The van der Waals surface area contributed by atoms with Crippen LogP contribution < -0.4 is 0 Å². The van der Waals surface area contributed by atoms with Gasteiger partial charge in [0.25, 0.3) is 0 Å². The number of aliphatic hydroxyl groups excluding tert-OH is 1. The number of rotatable bonds is 2. The lowest BCUT2D eigenvalue weighted by molar-refractivity contribution is -0.141. The maximum Gasteiger partial charge on any atom is 0.433 e. The Hall–Kier alpha value is -1.36. The fourth-order valence-electron chi connectivity index (χ4n) is 0.876. The Morgan fingerprint density at radius 3 is 2.64 bits per heavy atom. The lowest BCUT2D eigenvalue weighted by Gasteiger charge is -2.05. The lowest BCUT2D eigenvalue weighted by atomic mass is 10.3. The molecular formula is C9H8F3NO. The van der Waals surface area contributed by atoms with Crippen molar-refractivity contribution in [2.45, 2.75) is 6.18 Å². The van der Waals surface area contributed by atoms with Gasteiger partial charge in [-0.25, -0.2) is 4.98 Å². The van der Waals surface area contributed by atoms with Crippen LogP contribution in [-0.4, -0.2) is 16.7 Å². The summed E-state index contributed by atoms with van der Waals surface area (Å²) in [5, 5.41) is 8.42. The fraction of sp³-hybridized carbons (Fsp3) is 0.222. The van der Waals surface area contributed by atoms with Gasteiger partial charge < -0.3 is 5.11 Å². The molecule has 0 saturated carbocycles. The fourth-order valence-corrected chi connectivity index (χ4v) is 0.876. The first-order valence-electron chi connectivity index (χ1n) is 3.85. The molecule has 0 aliphatic rings. The molecule has 1 heterocycles. The summed E-state index contributed by atoms with van der Waals surface area (Å²) in [5.41, 5.74) is -0.758. The van der Waals surface area contributed by atoms with E-state index < -0.39 is 11.9 Å². The molecule has 0 aromatic carbocycles. The van der Waals surface area contributed by atoms with Crippen LogP contribution in [-0.2, 0) is 6.18 Å². The summed E-state index contributed by atoms with van der Waals surface area (Å²) in [5.74, 6) is 0. The van der Waals surface area contributed by atoms with Gasteiger partial charge in [-0.05, 0) is 18.2 Å². The molecule has 0 aliphatic heterocycles. The van der Waals surface area contributed by atoms with E-state index in [1.54, 1.807) is 0 Å². The average molecular weight is 203 g/mol. The van der Waals surface area contributed by atoms with Gasteiger partial charge in [-0.2, -0.15) is 13.2 Å². The molecule has 76 valence electrons. The summed E-state index contributed by atoms with van der Waals surface area (Å²) >= 11 is 0. The van der Waals surface area contributed by atoms with Gasteiger partial charge in [0.15, 0.2) is 0 Å². The minimum absolute atomic E-state index is 0.175. The molecule has 2 nitrogen and oxygen atoms in total. The molecule has 0 radical (unpaired) electrons. The van der Waals surface area contributed by atoms with Crippen molar-refractivity contribution < 1.29 is 18.3 Å². The predicted molar refractivity (Wildman–Crippen MR) is 45.4 cm³/mol. The molecule has 0 fully saturated rings. The monoisotopic (exact) mass is 203 g/mol. The number of hydrogen-bond acceptors (Lipinski definition) is 2. The van der Waals surface area contributed by atoms with E-state index in [1.807, 2.05) is 0 Å². The van der Waals surface area contributed by atoms with E-state index in [0.29, 0.717) is 0 Å². The second-order valence-electron chi connectivity index (χ2n) is 2.53. The molecule has 0 spiro atoms. The number of aromatic nitrogens is 1. The third-order valence-electron chi connectivity index (χ3n) is 1.46. The van der Waals surface area contributed by atoms with Crippen LogP contribution in [0, 0.1) is 0 Å². The molecule has 0 bridgehead atoms. The molecule has 1 N–H and O–H groups in total. The van der Waals surface area contributed by atoms with Crippen molar-refractivity contribution in [2.75, 3.05) is 6.61 Å². The molecule has 5 heteroatoms. The Balaban J connectivity index is 2.96. The van der Waals surface area contributed by atoms with Crippen molar-refractivity contribution >= 4 is 6.08 Å². The number of nitrogens with zero attached hydrogens (tertiary/aromatic N) is 1. The normalized spacial score (nSPS) is 12.3. The van der Waals surface area contributed by atoms with Gasteiger partial charge in [0.05, 0.1) is 12.3 Å². The van der Waals surface area contributed by atoms with Gasteiger partial charge in [0, 0.05) is 0 Å².